The minimum Gasteiger partial charge on any atom is -0.480 e. The Morgan fingerprint density at radius 2 is 1.56 bits per heavy atom. The largest absolute Gasteiger partial charge is 0.480 e. The number of esters is 1. The van der Waals surface area contributed by atoms with Gasteiger partial charge >= 0.3 is 17.9 Å². The zero-order valence-corrected chi connectivity index (χ0v) is 10.5. The van der Waals surface area contributed by atoms with Crippen molar-refractivity contribution < 1.29 is 37.8 Å². The maximum atomic E-state index is 11.8. The number of methoxy groups -OCH3 is 1. The highest BCUT2D eigenvalue weighted by atomic mass is 32.2. The molecule has 0 rings (SSSR count). The van der Waals surface area contributed by atoms with Crippen LogP contribution in [0.25, 0.3) is 0 Å². The van der Waals surface area contributed by atoms with E-state index in [1.807, 2.05) is 0 Å². The van der Waals surface area contributed by atoms with Crippen molar-refractivity contribution in [2.24, 2.45) is 0 Å². The van der Waals surface area contributed by atoms with Crippen LogP contribution in [0.5, 0.6) is 0 Å². The van der Waals surface area contributed by atoms with Gasteiger partial charge in [-0.1, -0.05) is 0 Å². The normalized spacial score (nSPS) is 13.1. The van der Waals surface area contributed by atoms with Crippen LogP contribution >= 0.6 is 0 Å². The average molecular weight is 283 g/mol. The summed E-state index contributed by atoms with van der Waals surface area (Å²) in [4.78, 5) is 32.1. The van der Waals surface area contributed by atoms with Gasteiger partial charge in [0.15, 0.2) is 5.25 Å². The topological polar surface area (TPSA) is 138 Å². The monoisotopic (exact) mass is 283 g/mol. The van der Waals surface area contributed by atoms with Gasteiger partial charge in [0, 0.05) is 0 Å². The fourth-order valence-electron chi connectivity index (χ4n) is 1.05. The second kappa shape index (κ2) is 6.31. The Morgan fingerprint density at radius 3 is 1.83 bits per heavy atom. The van der Waals surface area contributed by atoms with Crippen molar-refractivity contribution in [2.45, 2.75) is 12.2 Å². The maximum absolute atomic E-state index is 11.8. The van der Waals surface area contributed by atoms with Gasteiger partial charge in [0.1, 0.15) is 13.1 Å². The molecule has 10 heteroatoms. The van der Waals surface area contributed by atoms with Gasteiger partial charge in [0.2, 0.25) is 10.0 Å². The first kappa shape index (κ1) is 16.3. The van der Waals surface area contributed by atoms with E-state index in [2.05, 4.69) is 4.74 Å². The molecule has 0 aromatic rings. The summed E-state index contributed by atoms with van der Waals surface area (Å²) in [5, 5.41) is 15.4. The first-order chi connectivity index (χ1) is 8.12. The molecule has 0 aliphatic rings. The molecule has 104 valence electrons. The van der Waals surface area contributed by atoms with Crippen molar-refractivity contribution in [3.8, 4) is 0 Å². The Morgan fingerprint density at radius 1 is 1.17 bits per heavy atom. The van der Waals surface area contributed by atoms with Crippen molar-refractivity contribution in [1.82, 2.24) is 4.31 Å². The Bertz CT molecular complexity index is 426. The molecular weight excluding hydrogens is 270 g/mol. The summed E-state index contributed by atoms with van der Waals surface area (Å²) in [6.45, 7) is -1.11. The van der Waals surface area contributed by atoms with Crippen molar-refractivity contribution in [1.29, 1.82) is 0 Å². The minimum absolute atomic E-state index is 0.194. The number of nitrogens with zero attached hydrogens (tertiary/aromatic N) is 1. The third-order valence-corrected chi connectivity index (χ3v) is 4.03. The number of carbonyl (C=O) groups excluding carboxylic acids is 1. The molecule has 0 bridgehead atoms. The minimum atomic E-state index is -4.41. The van der Waals surface area contributed by atoms with E-state index in [9.17, 15) is 22.8 Å². The predicted octanol–water partition coefficient (Wildman–Crippen LogP) is -1.65. The van der Waals surface area contributed by atoms with Gasteiger partial charge in [-0.15, -0.1) is 0 Å². The number of carboxylic acids is 2. The van der Waals surface area contributed by atoms with Gasteiger partial charge in [-0.3, -0.25) is 14.4 Å². The summed E-state index contributed by atoms with van der Waals surface area (Å²) in [5.74, 6) is -4.16. The summed E-state index contributed by atoms with van der Waals surface area (Å²) >= 11 is 0. The molecule has 2 N–H and O–H groups in total. The number of rotatable bonds is 7. The molecule has 0 radical (unpaired) electrons. The lowest BCUT2D eigenvalue weighted by atomic mass is 10.5. The van der Waals surface area contributed by atoms with Crippen LogP contribution < -0.4 is 0 Å². The summed E-state index contributed by atoms with van der Waals surface area (Å²) < 4.78 is 28.0. The van der Waals surface area contributed by atoms with Crippen LogP contribution in [0.3, 0.4) is 0 Å². The molecule has 0 fully saturated rings. The van der Waals surface area contributed by atoms with E-state index in [1.54, 1.807) is 0 Å². The van der Waals surface area contributed by atoms with Crippen molar-refractivity contribution in [3.05, 3.63) is 0 Å². The van der Waals surface area contributed by atoms with Gasteiger partial charge < -0.3 is 14.9 Å². The molecule has 18 heavy (non-hydrogen) atoms. The molecule has 0 saturated carbocycles. The maximum Gasteiger partial charge on any atom is 0.325 e. The Labute approximate surface area is 103 Å². The molecule has 0 aliphatic heterocycles. The van der Waals surface area contributed by atoms with E-state index in [0.717, 1.165) is 14.0 Å². The Hall–Kier alpha value is -1.68. The second-order valence-electron chi connectivity index (χ2n) is 3.27. The summed E-state index contributed by atoms with van der Waals surface area (Å²) in [7, 11) is -3.44. The fraction of sp³-hybridized carbons (Fsp3) is 0.625. The lowest BCUT2D eigenvalue weighted by molar-refractivity contribution is -0.142. The van der Waals surface area contributed by atoms with E-state index in [1.165, 1.54) is 0 Å². The standard InChI is InChI=1S/C8H13NO8S/c1-5(8(14)17-2)18(15,16)9(3-6(10)11)4-7(12)13/h5H,3-4H2,1-2H3,(H,10,11)(H,12,13). The number of hydrogen-bond acceptors (Lipinski definition) is 6. The first-order valence-electron chi connectivity index (χ1n) is 4.63. The number of aliphatic carboxylic acids is 2. The molecule has 0 aromatic carbocycles. The molecular formula is C8H13NO8S. The predicted molar refractivity (Wildman–Crippen MR) is 57.2 cm³/mol. The lowest BCUT2D eigenvalue weighted by Gasteiger charge is -2.21. The first-order valence-corrected chi connectivity index (χ1v) is 6.13. The van der Waals surface area contributed by atoms with Gasteiger partial charge in [-0.25, -0.2) is 8.42 Å². The molecule has 0 spiro atoms. The molecule has 1 unspecified atom stereocenters. The molecule has 0 aromatic heterocycles. The van der Waals surface area contributed by atoms with Crippen LogP contribution in [0, 0.1) is 0 Å². The smallest absolute Gasteiger partial charge is 0.325 e. The number of hydrogen-bond donors (Lipinski definition) is 2. The van der Waals surface area contributed by atoms with E-state index in [0.29, 0.717) is 0 Å². The van der Waals surface area contributed by atoms with Gasteiger partial charge in [0.25, 0.3) is 0 Å². The van der Waals surface area contributed by atoms with Crippen LogP contribution in [-0.4, -0.2) is 66.3 Å². The SMILES string of the molecule is COC(=O)C(C)S(=O)(=O)N(CC(=O)O)CC(=O)O. The lowest BCUT2D eigenvalue weighted by Crippen LogP contribution is -2.46. The molecule has 0 amide bonds. The molecule has 9 nitrogen and oxygen atoms in total. The number of carbonyl (C=O) groups is 3. The summed E-state index contributed by atoms with van der Waals surface area (Å²) in [6.07, 6.45) is 0. The van der Waals surface area contributed by atoms with Crippen molar-refractivity contribution in [2.75, 3.05) is 20.2 Å². The van der Waals surface area contributed by atoms with Gasteiger partial charge in [-0.2, -0.15) is 4.31 Å². The van der Waals surface area contributed by atoms with Crippen LogP contribution in [-0.2, 0) is 29.1 Å². The van der Waals surface area contributed by atoms with Gasteiger partial charge in [0.05, 0.1) is 7.11 Å². The molecule has 0 heterocycles. The van der Waals surface area contributed by atoms with E-state index in [4.69, 9.17) is 10.2 Å². The summed E-state index contributed by atoms with van der Waals surface area (Å²) in [5.41, 5.74) is 0. The quantitative estimate of drug-likeness (QED) is 0.530. The highest BCUT2D eigenvalue weighted by Crippen LogP contribution is 2.10. The van der Waals surface area contributed by atoms with E-state index in [-0.39, 0.29) is 4.31 Å². The number of ether oxygens (including phenoxy) is 1. The Kier molecular flexibility index (Phi) is 5.72. The van der Waals surface area contributed by atoms with Gasteiger partial charge in [-0.05, 0) is 6.92 Å². The fourth-order valence-corrected chi connectivity index (χ4v) is 2.42. The number of carboxylic acid groups (broad SMARTS) is 2. The Balaban J connectivity index is 5.25. The van der Waals surface area contributed by atoms with Crippen molar-refractivity contribution >= 4 is 27.9 Å². The van der Waals surface area contributed by atoms with Crippen molar-refractivity contribution in [3.63, 3.8) is 0 Å². The third-order valence-electron chi connectivity index (χ3n) is 1.96. The summed E-state index contributed by atoms with van der Waals surface area (Å²) in [6, 6.07) is 0. The molecule has 0 aliphatic carbocycles. The third kappa shape index (κ3) is 4.30. The average Bonchev–Trinajstić information content (AvgIpc) is 2.24. The molecule has 1 atom stereocenters. The van der Waals surface area contributed by atoms with Crippen LogP contribution in [0.2, 0.25) is 0 Å². The second-order valence-corrected chi connectivity index (χ2v) is 5.52. The van der Waals surface area contributed by atoms with Crippen LogP contribution in [0.4, 0.5) is 0 Å². The van der Waals surface area contributed by atoms with Crippen LogP contribution in [0.1, 0.15) is 6.92 Å². The molecule has 0 saturated heterocycles. The van der Waals surface area contributed by atoms with E-state index < -0.39 is 46.3 Å². The highest BCUT2D eigenvalue weighted by molar-refractivity contribution is 7.90. The zero-order valence-electron chi connectivity index (χ0n) is 9.69. The zero-order chi connectivity index (χ0) is 14.5. The van der Waals surface area contributed by atoms with Crippen LogP contribution in [0.15, 0.2) is 0 Å². The highest BCUT2D eigenvalue weighted by Gasteiger charge is 2.36. The number of sulfonamides is 1. The van der Waals surface area contributed by atoms with E-state index >= 15 is 0 Å².